The molecule has 104 valence electrons. The molecule has 2 nitrogen and oxygen atoms in total. The van der Waals surface area contributed by atoms with Gasteiger partial charge in [-0.05, 0) is 41.5 Å². The third-order valence-electron chi connectivity index (χ3n) is 4.23. The third kappa shape index (κ3) is 2.59. The van der Waals surface area contributed by atoms with Gasteiger partial charge in [-0.15, -0.1) is 0 Å². The molecule has 1 aliphatic rings. The van der Waals surface area contributed by atoms with Gasteiger partial charge < -0.3 is 0 Å². The topological polar surface area (TPSA) is 38.0 Å². The minimum Gasteiger partial charge on any atom is -0.271 e. The van der Waals surface area contributed by atoms with Crippen molar-refractivity contribution in [1.29, 1.82) is 0 Å². The van der Waals surface area contributed by atoms with E-state index in [0.29, 0.717) is 0 Å². The van der Waals surface area contributed by atoms with E-state index in [9.17, 15) is 0 Å². The largest absolute Gasteiger partial charge is 0.271 e. The highest BCUT2D eigenvalue weighted by molar-refractivity contribution is 6.31. The second-order valence-electron chi connectivity index (χ2n) is 5.42. The second kappa shape index (κ2) is 5.96. The molecule has 3 N–H and O–H groups in total. The first kappa shape index (κ1) is 13.6. The minimum absolute atomic E-state index is 0.0702. The molecule has 0 heterocycles. The first-order valence-electron chi connectivity index (χ1n) is 7.10. The van der Waals surface area contributed by atoms with Crippen LogP contribution in [0.3, 0.4) is 0 Å². The molecule has 1 aliphatic carbocycles. The number of hydrogen-bond donors (Lipinski definition) is 2. The first-order chi connectivity index (χ1) is 9.79. The maximum absolute atomic E-state index is 6.27. The molecule has 0 radical (unpaired) electrons. The van der Waals surface area contributed by atoms with Crippen molar-refractivity contribution in [1.82, 2.24) is 5.43 Å². The highest BCUT2D eigenvalue weighted by atomic mass is 35.5. The average Bonchev–Trinajstić information content (AvgIpc) is 2.41. The Labute approximate surface area is 124 Å². The molecule has 1 fully saturated rings. The number of rotatable bonds is 4. The van der Waals surface area contributed by atoms with Crippen molar-refractivity contribution < 1.29 is 0 Å². The Hall–Kier alpha value is -1.35. The first-order valence-corrected chi connectivity index (χ1v) is 7.48. The molecular weight excluding hydrogens is 268 g/mol. The fourth-order valence-corrected chi connectivity index (χ4v) is 3.02. The van der Waals surface area contributed by atoms with Crippen molar-refractivity contribution in [3.05, 3.63) is 70.2 Å². The standard InChI is InChI=1S/C17H19ClN2/c18-16-7-2-1-6-15(16)17(20-19)14-10-8-13(9-11-14)12-4-3-5-12/h1-2,6-12,17,20H,3-5,19H2. The van der Waals surface area contributed by atoms with Gasteiger partial charge in [0.05, 0.1) is 6.04 Å². The Balaban J connectivity index is 1.87. The molecule has 0 spiro atoms. The van der Waals surface area contributed by atoms with E-state index in [0.717, 1.165) is 22.1 Å². The van der Waals surface area contributed by atoms with Crippen molar-refractivity contribution >= 4 is 11.6 Å². The number of halogens is 1. The van der Waals surface area contributed by atoms with E-state index in [1.165, 1.54) is 24.8 Å². The number of hydrogen-bond acceptors (Lipinski definition) is 2. The van der Waals surface area contributed by atoms with E-state index in [1.54, 1.807) is 0 Å². The van der Waals surface area contributed by atoms with Crippen LogP contribution in [0.15, 0.2) is 48.5 Å². The maximum atomic E-state index is 6.27. The average molecular weight is 287 g/mol. The van der Waals surface area contributed by atoms with Crippen LogP contribution in [0.5, 0.6) is 0 Å². The minimum atomic E-state index is -0.0702. The third-order valence-corrected chi connectivity index (χ3v) is 4.57. The molecule has 0 bridgehead atoms. The van der Waals surface area contributed by atoms with Crippen LogP contribution < -0.4 is 11.3 Å². The lowest BCUT2D eigenvalue weighted by molar-refractivity contribution is 0.419. The molecule has 3 rings (SSSR count). The normalized spacial score (nSPS) is 16.7. The zero-order valence-corrected chi connectivity index (χ0v) is 12.1. The smallest absolute Gasteiger partial charge is 0.0724 e. The van der Waals surface area contributed by atoms with Gasteiger partial charge in [0.1, 0.15) is 0 Å². The molecule has 1 unspecified atom stereocenters. The molecule has 2 aromatic rings. The molecule has 20 heavy (non-hydrogen) atoms. The summed E-state index contributed by atoms with van der Waals surface area (Å²) in [5.74, 6) is 6.49. The van der Waals surface area contributed by atoms with Crippen LogP contribution in [0.2, 0.25) is 5.02 Å². The lowest BCUT2D eigenvalue weighted by Crippen LogP contribution is -2.29. The summed E-state index contributed by atoms with van der Waals surface area (Å²) in [6.45, 7) is 0. The lowest BCUT2D eigenvalue weighted by Gasteiger charge is -2.26. The van der Waals surface area contributed by atoms with Crippen LogP contribution in [0.1, 0.15) is 47.9 Å². The van der Waals surface area contributed by atoms with Gasteiger partial charge in [0, 0.05) is 5.02 Å². The van der Waals surface area contributed by atoms with E-state index < -0.39 is 0 Å². The summed E-state index contributed by atoms with van der Waals surface area (Å²) in [5.41, 5.74) is 6.46. The van der Waals surface area contributed by atoms with Gasteiger partial charge in [-0.25, -0.2) is 5.43 Å². The molecular formula is C17H19ClN2. The Morgan fingerprint density at radius 1 is 1.05 bits per heavy atom. The van der Waals surface area contributed by atoms with Gasteiger partial charge in [-0.2, -0.15) is 0 Å². The van der Waals surface area contributed by atoms with Gasteiger partial charge in [0.25, 0.3) is 0 Å². The molecule has 0 aliphatic heterocycles. The summed E-state index contributed by atoms with van der Waals surface area (Å²) >= 11 is 6.27. The molecule has 0 aromatic heterocycles. The van der Waals surface area contributed by atoms with E-state index >= 15 is 0 Å². The summed E-state index contributed by atoms with van der Waals surface area (Å²) < 4.78 is 0. The highest BCUT2D eigenvalue weighted by Gasteiger charge is 2.20. The molecule has 1 atom stereocenters. The Morgan fingerprint density at radius 3 is 2.30 bits per heavy atom. The van der Waals surface area contributed by atoms with Gasteiger partial charge in [0.2, 0.25) is 0 Å². The number of hydrazine groups is 1. The molecule has 1 saturated carbocycles. The van der Waals surface area contributed by atoms with Crippen molar-refractivity contribution in [3.63, 3.8) is 0 Å². The zero-order chi connectivity index (χ0) is 13.9. The predicted molar refractivity (Wildman–Crippen MR) is 83.7 cm³/mol. The maximum Gasteiger partial charge on any atom is 0.0724 e. The molecule has 2 aromatic carbocycles. The van der Waals surface area contributed by atoms with E-state index in [-0.39, 0.29) is 6.04 Å². The summed E-state index contributed by atoms with van der Waals surface area (Å²) in [6, 6.07) is 16.5. The highest BCUT2D eigenvalue weighted by Crippen LogP contribution is 2.37. The molecule has 3 heteroatoms. The van der Waals surface area contributed by atoms with E-state index in [4.69, 9.17) is 17.4 Å². The fourth-order valence-electron chi connectivity index (χ4n) is 2.78. The van der Waals surface area contributed by atoms with Gasteiger partial charge >= 0.3 is 0 Å². The van der Waals surface area contributed by atoms with Crippen molar-refractivity contribution in [2.75, 3.05) is 0 Å². The lowest BCUT2D eigenvalue weighted by atomic mass is 9.79. The van der Waals surface area contributed by atoms with Crippen molar-refractivity contribution in [2.24, 2.45) is 5.84 Å². The quantitative estimate of drug-likeness (QED) is 0.654. The van der Waals surface area contributed by atoms with Crippen LogP contribution in [-0.4, -0.2) is 0 Å². The van der Waals surface area contributed by atoms with Gasteiger partial charge in [-0.1, -0.05) is 60.5 Å². The molecule has 0 saturated heterocycles. The number of nitrogens with one attached hydrogen (secondary N) is 1. The summed E-state index contributed by atoms with van der Waals surface area (Å²) in [4.78, 5) is 0. The van der Waals surface area contributed by atoms with Crippen LogP contribution in [0, 0.1) is 0 Å². The van der Waals surface area contributed by atoms with Crippen molar-refractivity contribution in [2.45, 2.75) is 31.2 Å². The summed E-state index contributed by atoms with van der Waals surface area (Å²) in [7, 11) is 0. The zero-order valence-electron chi connectivity index (χ0n) is 11.4. The number of benzene rings is 2. The van der Waals surface area contributed by atoms with E-state index in [1.807, 2.05) is 24.3 Å². The van der Waals surface area contributed by atoms with Crippen LogP contribution in [0.4, 0.5) is 0 Å². The number of nitrogens with two attached hydrogens (primary N) is 1. The Kier molecular flexibility index (Phi) is 4.06. The summed E-state index contributed by atoms with van der Waals surface area (Å²) in [6.07, 6.45) is 4.00. The van der Waals surface area contributed by atoms with Crippen LogP contribution in [0.25, 0.3) is 0 Å². The van der Waals surface area contributed by atoms with Gasteiger partial charge in [0.15, 0.2) is 0 Å². The van der Waals surface area contributed by atoms with E-state index in [2.05, 4.69) is 29.7 Å². The predicted octanol–water partition coefficient (Wildman–Crippen LogP) is 4.16. The SMILES string of the molecule is NNC(c1ccc(C2CCC2)cc1)c1ccccc1Cl. The molecule has 0 amide bonds. The fraction of sp³-hybridized carbons (Fsp3) is 0.294. The van der Waals surface area contributed by atoms with Crippen molar-refractivity contribution in [3.8, 4) is 0 Å². The van der Waals surface area contributed by atoms with Crippen LogP contribution >= 0.6 is 11.6 Å². The Bertz CT molecular complexity index is 576. The summed E-state index contributed by atoms with van der Waals surface area (Å²) in [5, 5.41) is 0.735. The van der Waals surface area contributed by atoms with Crippen LogP contribution in [-0.2, 0) is 0 Å². The second-order valence-corrected chi connectivity index (χ2v) is 5.82. The Morgan fingerprint density at radius 2 is 1.75 bits per heavy atom. The monoisotopic (exact) mass is 286 g/mol. The van der Waals surface area contributed by atoms with Gasteiger partial charge in [-0.3, -0.25) is 5.84 Å².